The summed E-state index contributed by atoms with van der Waals surface area (Å²) in [6.07, 6.45) is -5.08. The number of ether oxygens (including phenoxy) is 1. The molecule has 0 amide bonds. The SMILES string of the molecule is CN1CCN(c2cccc(-c3ccc(Oc4nn[nH]c4C(=O)O)cc3)c2)CC1.O=C(O)C(F)(F)F. The van der Waals surface area contributed by atoms with E-state index in [4.69, 9.17) is 19.7 Å². The van der Waals surface area contributed by atoms with Crippen LogP contribution in [0.25, 0.3) is 11.1 Å². The lowest BCUT2D eigenvalue weighted by Crippen LogP contribution is -2.44. The molecule has 4 rings (SSSR count). The van der Waals surface area contributed by atoms with Gasteiger partial charge >= 0.3 is 18.1 Å². The predicted molar refractivity (Wildman–Crippen MR) is 119 cm³/mol. The molecule has 0 radical (unpaired) electrons. The normalized spacial score (nSPS) is 14.1. The number of aliphatic carboxylic acids is 1. The minimum absolute atomic E-state index is 0.0580. The smallest absolute Gasteiger partial charge is 0.476 e. The Hall–Kier alpha value is -4.13. The number of halogens is 3. The molecule has 0 unspecified atom stereocenters. The maximum Gasteiger partial charge on any atom is 0.490 e. The number of nitrogens with zero attached hydrogens (tertiary/aromatic N) is 4. The van der Waals surface area contributed by atoms with E-state index in [1.54, 1.807) is 12.1 Å². The van der Waals surface area contributed by atoms with Gasteiger partial charge in [-0.1, -0.05) is 34.6 Å². The Kier molecular flexibility index (Phi) is 7.91. The molecule has 2 aromatic carbocycles. The van der Waals surface area contributed by atoms with Gasteiger partial charge in [0.2, 0.25) is 5.69 Å². The van der Waals surface area contributed by atoms with E-state index in [1.807, 2.05) is 12.1 Å². The quantitative estimate of drug-likeness (QED) is 0.490. The number of aromatic nitrogens is 3. The van der Waals surface area contributed by atoms with Crippen molar-refractivity contribution >= 4 is 17.6 Å². The summed E-state index contributed by atoms with van der Waals surface area (Å²) < 4.78 is 37.3. The highest BCUT2D eigenvalue weighted by molar-refractivity contribution is 5.87. The molecule has 0 bridgehead atoms. The van der Waals surface area contributed by atoms with Crippen molar-refractivity contribution in [3.8, 4) is 22.8 Å². The number of alkyl halides is 3. The number of carboxylic acid groups (broad SMARTS) is 2. The first kappa shape index (κ1) is 25.5. The molecule has 1 aromatic heterocycles. The van der Waals surface area contributed by atoms with Crippen LogP contribution in [0.2, 0.25) is 0 Å². The minimum atomic E-state index is -5.08. The number of H-pyrrole nitrogens is 1. The van der Waals surface area contributed by atoms with Gasteiger partial charge in [0.1, 0.15) is 5.75 Å². The van der Waals surface area contributed by atoms with Crippen molar-refractivity contribution in [2.24, 2.45) is 0 Å². The first-order valence-electron chi connectivity index (χ1n) is 10.3. The standard InChI is InChI=1S/C20H21N5O3.C2HF3O2/c1-24-9-11-25(12-10-24)16-4-2-3-15(13-16)14-5-7-17(8-6-14)28-19-18(20(26)27)21-23-22-19;3-2(4,5)1(6)7/h2-8,13H,9-12H2,1H3,(H,26,27)(H,21,22,23);(H,6,7). The second kappa shape index (κ2) is 10.9. The molecular formula is C22H22F3N5O5. The summed E-state index contributed by atoms with van der Waals surface area (Å²) in [5, 5.41) is 25.6. The zero-order valence-electron chi connectivity index (χ0n) is 18.5. The number of likely N-dealkylation sites (N-methyl/N-ethyl adjacent to an activating group) is 1. The average molecular weight is 493 g/mol. The van der Waals surface area contributed by atoms with Crippen LogP contribution in [0.1, 0.15) is 10.5 Å². The van der Waals surface area contributed by atoms with Crippen LogP contribution in [0.3, 0.4) is 0 Å². The van der Waals surface area contributed by atoms with Crippen molar-refractivity contribution in [3.05, 3.63) is 54.2 Å². The molecule has 186 valence electrons. The van der Waals surface area contributed by atoms with E-state index in [9.17, 15) is 18.0 Å². The molecule has 1 saturated heterocycles. The lowest BCUT2D eigenvalue weighted by atomic mass is 10.0. The van der Waals surface area contributed by atoms with Crippen molar-refractivity contribution in [1.29, 1.82) is 0 Å². The number of carboxylic acids is 2. The molecular weight excluding hydrogens is 471 g/mol. The summed E-state index contributed by atoms with van der Waals surface area (Å²) in [6, 6.07) is 16.0. The number of piperazine rings is 1. The summed E-state index contributed by atoms with van der Waals surface area (Å²) in [5.74, 6) is -3.49. The van der Waals surface area contributed by atoms with Crippen molar-refractivity contribution in [2.45, 2.75) is 6.18 Å². The van der Waals surface area contributed by atoms with E-state index in [0.717, 1.165) is 37.3 Å². The number of anilines is 1. The maximum atomic E-state index is 11.1. The number of benzene rings is 2. The van der Waals surface area contributed by atoms with Crippen LogP contribution in [0.5, 0.6) is 11.6 Å². The first-order valence-corrected chi connectivity index (χ1v) is 10.3. The fraction of sp³-hybridized carbons (Fsp3) is 0.273. The molecule has 1 fully saturated rings. The Balaban J connectivity index is 0.000000429. The molecule has 1 aliphatic heterocycles. The summed E-state index contributed by atoms with van der Waals surface area (Å²) in [6.45, 7) is 4.18. The van der Waals surface area contributed by atoms with Gasteiger partial charge in [-0.05, 0) is 42.4 Å². The molecule has 10 nitrogen and oxygen atoms in total. The van der Waals surface area contributed by atoms with E-state index >= 15 is 0 Å². The minimum Gasteiger partial charge on any atom is -0.476 e. The van der Waals surface area contributed by atoms with E-state index in [2.05, 4.69) is 56.5 Å². The Morgan fingerprint density at radius 1 is 1.00 bits per heavy atom. The van der Waals surface area contributed by atoms with Gasteiger partial charge in [0.05, 0.1) is 0 Å². The largest absolute Gasteiger partial charge is 0.490 e. The van der Waals surface area contributed by atoms with Crippen molar-refractivity contribution in [2.75, 3.05) is 38.1 Å². The predicted octanol–water partition coefficient (Wildman–Crippen LogP) is 3.35. The van der Waals surface area contributed by atoms with Gasteiger partial charge in [-0.3, -0.25) is 0 Å². The third kappa shape index (κ3) is 6.93. The zero-order chi connectivity index (χ0) is 25.6. The fourth-order valence-electron chi connectivity index (χ4n) is 3.20. The third-order valence-electron chi connectivity index (χ3n) is 5.09. The highest BCUT2D eigenvalue weighted by atomic mass is 19.4. The topological polar surface area (TPSA) is 132 Å². The Morgan fingerprint density at radius 2 is 1.63 bits per heavy atom. The summed E-state index contributed by atoms with van der Waals surface area (Å²) in [7, 11) is 2.15. The Labute approximate surface area is 197 Å². The van der Waals surface area contributed by atoms with Crippen molar-refractivity contribution in [3.63, 3.8) is 0 Å². The molecule has 1 aliphatic rings. The second-order valence-electron chi connectivity index (χ2n) is 7.57. The van der Waals surface area contributed by atoms with Crippen molar-refractivity contribution in [1.82, 2.24) is 20.3 Å². The first-order chi connectivity index (χ1) is 16.5. The van der Waals surface area contributed by atoms with Crippen LogP contribution in [0.15, 0.2) is 48.5 Å². The van der Waals surface area contributed by atoms with Crippen LogP contribution in [-0.2, 0) is 4.79 Å². The maximum absolute atomic E-state index is 11.1. The van der Waals surface area contributed by atoms with Gasteiger partial charge in [0.25, 0.3) is 5.88 Å². The Bertz CT molecular complexity index is 1160. The summed E-state index contributed by atoms with van der Waals surface area (Å²) in [5.41, 5.74) is 3.22. The zero-order valence-corrected chi connectivity index (χ0v) is 18.5. The van der Waals surface area contributed by atoms with E-state index in [0.29, 0.717) is 5.75 Å². The van der Waals surface area contributed by atoms with Crippen LogP contribution >= 0.6 is 0 Å². The molecule has 2 heterocycles. The number of rotatable bonds is 5. The highest BCUT2D eigenvalue weighted by Gasteiger charge is 2.38. The number of aromatic carboxylic acids is 1. The van der Waals surface area contributed by atoms with E-state index < -0.39 is 18.1 Å². The third-order valence-corrected chi connectivity index (χ3v) is 5.09. The highest BCUT2D eigenvalue weighted by Crippen LogP contribution is 2.28. The number of nitrogens with one attached hydrogen (secondary N) is 1. The average Bonchev–Trinajstić information content (AvgIpc) is 3.28. The molecule has 35 heavy (non-hydrogen) atoms. The molecule has 0 aliphatic carbocycles. The lowest BCUT2D eigenvalue weighted by Gasteiger charge is -2.34. The molecule has 3 aromatic rings. The number of hydrogen-bond donors (Lipinski definition) is 3. The molecule has 0 spiro atoms. The summed E-state index contributed by atoms with van der Waals surface area (Å²) >= 11 is 0. The monoisotopic (exact) mass is 493 g/mol. The van der Waals surface area contributed by atoms with Gasteiger partial charge in [-0.15, -0.1) is 0 Å². The lowest BCUT2D eigenvalue weighted by molar-refractivity contribution is -0.192. The van der Waals surface area contributed by atoms with Gasteiger partial charge < -0.3 is 24.7 Å². The van der Waals surface area contributed by atoms with Gasteiger partial charge in [0, 0.05) is 31.9 Å². The fourth-order valence-corrected chi connectivity index (χ4v) is 3.20. The van der Waals surface area contributed by atoms with Crippen LogP contribution < -0.4 is 9.64 Å². The van der Waals surface area contributed by atoms with Crippen LogP contribution in [0, 0.1) is 0 Å². The molecule has 0 atom stereocenters. The van der Waals surface area contributed by atoms with E-state index in [-0.39, 0.29) is 11.6 Å². The number of carbonyl (C=O) groups is 2. The molecule has 13 heteroatoms. The number of aromatic amines is 1. The Morgan fingerprint density at radius 3 is 2.20 bits per heavy atom. The molecule has 0 saturated carbocycles. The van der Waals surface area contributed by atoms with E-state index in [1.165, 1.54) is 5.69 Å². The van der Waals surface area contributed by atoms with Crippen LogP contribution in [-0.4, -0.2) is 81.9 Å². The van der Waals surface area contributed by atoms with Gasteiger partial charge in [0.15, 0.2) is 0 Å². The number of hydrogen-bond acceptors (Lipinski definition) is 7. The van der Waals surface area contributed by atoms with Gasteiger partial charge in [-0.2, -0.15) is 13.2 Å². The molecule has 3 N–H and O–H groups in total. The van der Waals surface area contributed by atoms with Gasteiger partial charge in [-0.25, -0.2) is 14.7 Å². The van der Waals surface area contributed by atoms with Crippen LogP contribution in [0.4, 0.5) is 18.9 Å². The summed E-state index contributed by atoms with van der Waals surface area (Å²) in [4.78, 5) is 24.7. The second-order valence-corrected chi connectivity index (χ2v) is 7.57. The van der Waals surface area contributed by atoms with Crippen molar-refractivity contribution < 1.29 is 37.7 Å².